The Morgan fingerprint density at radius 3 is 2.57 bits per heavy atom. The molecule has 21 heavy (non-hydrogen) atoms. The van der Waals surface area contributed by atoms with E-state index in [1.54, 1.807) is 0 Å². The van der Waals surface area contributed by atoms with E-state index in [0.29, 0.717) is 17.3 Å². The highest BCUT2D eigenvalue weighted by atomic mass is 35.5. The number of nitrogens with one attached hydrogen (secondary N) is 1. The van der Waals surface area contributed by atoms with Crippen molar-refractivity contribution in [1.29, 1.82) is 0 Å². The third-order valence-corrected chi connectivity index (χ3v) is 3.34. The lowest BCUT2D eigenvalue weighted by molar-refractivity contribution is -0.116. The molecular weight excluding hydrogens is 286 g/mol. The summed E-state index contributed by atoms with van der Waals surface area (Å²) in [6.45, 7) is 4.23. The molecule has 110 valence electrons. The molecule has 2 rings (SSSR count). The first-order chi connectivity index (χ1) is 10.1. The molecule has 0 bridgehead atoms. The number of aryl methyl sites for hydroxylation is 2. The molecular formula is C17H18ClNO2. The summed E-state index contributed by atoms with van der Waals surface area (Å²) in [6, 6.07) is 13.3. The molecule has 0 aromatic heterocycles. The predicted molar refractivity (Wildman–Crippen MR) is 86.1 cm³/mol. The zero-order valence-electron chi connectivity index (χ0n) is 12.2. The van der Waals surface area contributed by atoms with Crippen LogP contribution in [-0.2, 0) is 4.79 Å². The molecule has 1 amide bonds. The van der Waals surface area contributed by atoms with Gasteiger partial charge in [-0.05, 0) is 43.2 Å². The largest absolute Gasteiger partial charge is 0.493 e. The van der Waals surface area contributed by atoms with Gasteiger partial charge in [0.1, 0.15) is 5.75 Å². The Morgan fingerprint density at radius 2 is 1.90 bits per heavy atom. The number of anilines is 1. The second-order valence-corrected chi connectivity index (χ2v) is 5.31. The first kappa shape index (κ1) is 15.4. The van der Waals surface area contributed by atoms with Gasteiger partial charge in [-0.3, -0.25) is 4.79 Å². The van der Waals surface area contributed by atoms with E-state index in [1.165, 1.54) is 0 Å². The molecule has 0 atom stereocenters. The van der Waals surface area contributed by atoms with Crippen LogP contribution in [-0.4, -0.2) is 12.5 Å². The minimum Gasteiger partial charge on any atom is -0.493 e. The van der Waals surface area contributed by atoms with E-state index < -0.39 is 0 Å². The number of carbonyl (C=O) groups excluding carboxylic acids is 1. The van der Waals surface area contributed by atoms with Gasteiger partial charge in [-0.25, -0.2) is 0 Å². The molecule has 0 aliphatic heterocycles. The molecule has 0 heterocycles. The number of benzene rings is 2. The minimum atomic E-state index is -0.111. The van der Waals surface area contributed by atoms with Crippen LogP contribution in [0, 0.1) is 13.8 Å². The van der Waals surface area contributed by atoms with Crippen LogP contribution in [0.15, 0.2) is 42.5 Å². The van der Waals surface area contributed by atoms with Crippen LogP contribution in [0.1, 0.15) is 17.5 Å². The summed E-state index contributed by atoms with van der Waals surface area (Å²) in [5.41, 5.74) is 2.70. The summed E-state index contributed by atoms with van der Waals surface area (Å²) >= 11 is 6.16. The zero-order valence-corrected chi connectivity index (χ0v) is 12.9. The average Bonchev–Trinajstić information content (AvgIpc) is 2.44. The Balaban J connectivity index is 1.88. The van der Waals surface area contributed by atoms with Gasteiger partial charge in [0.05, 0.1) is 23.7 Å². The van der Waals surface area contributed by atoms with Gasteiger partial charge in [-0.1, -0.05) is 35.9 Å². The van der Waals surface area contributed by atoms with Crippen molar-refractivity contribution in [2.24, 2.45) is 0 Å². The summed E-state index contributed by atoms with van der Waals surface area (Å²) in [7, 11) is 0. The second kappa shape index (κ2) is 7.14. The second-order valence-electron chi connectivity index (χ2n) is 4.90. The first-order valence-electron chi connectivity index (χ1n) is 6.80. The van der Waals surface area contributed by atoms with Crippen molar-refractivity contribution < 1.29 is 9.53 Å². The van der Waals surface area contributed by atoms with E-state index in [-0.39, 0.29) is 12.3 Å². The van der Waals surface area contributed by atoms with Gasteiger partial charge < -0.3 is 10.1 Å². The topological polar surface area (TPSA) is 38.3 Å². The summed E-state index contributed by atoms with van der Waals surface area (Å²) in [5, 5.41) is 3.40. The maximum atomic E-state index is 11.9. The number of amides is 1. The lowest BCUT2D eigenvalue weighted by Crippen LogP contribution is -2.16. The zero-order chi connectivity index (χ0) is 15.2. The van der Waals surface area contributed by atoms with Crippen molar-refractivity contribution in [3.63, 3.8) is 0 Å². The van der Waals surface area contributed by atoms with E-state index in [0.717, 1.165) is 16.9 Å². The van der Waals surface area contributed by atoms with Gasteiger partial charge in [0.25, 0.3) is 0 Å². The maximum absolute atomic E-state index is 11.9. The maximum Gasteiger partial charge on any atom is 0.227 e. The number of carbonyl (C=O) groups is 1. The fraction of sp³-hybridized carbons (Fsp3) is 0.235. The summed E-state index contributed by atoms with van der Waals surface area (Å²) in [6.07, 6.45) is 0.276. The molecule has 0 saturated heterocycles. The Hall–Kier alpha value is -2.00. The first-order valence-corrected chi connectivity index (χ1v) is 7.18. The van der Waals surface area contributed by atoms with Gasteiger partial charge in [0.2, 0.25) is 5.91 Å². The van der Waals surface area contributed by atoms with E-state index in [1.807, 2.05) is 56.3 Å². The van der Waals surface area contributed by atoms with Crippen molar-refractivity contribution in [2.75, 3.05) is 11.9 Å². The van der Waals surface area contributed by atoms with Crippen LogP contribution in [0.25, 0.3) is 0 Å². The number of ether oxygens (including phenoxy) is 1. The summed E-state index contributed by atoms with van der Waals surface area (Å²) in [5.74, 6) is 0.648. The standard InChI is InChI=1S/C17H18ClNO2/c1-12-10-13(2)17(15(18)11-12)19-16(20)8-9-21-14-6-4-3-5-7-14/h3-7,10-11H,8-9H2,1-2H3,(H,19,20). The average molecular weight is 304 g/mol. The minimum absolute atomic E-state index is 0.111. The normalized spacial score (nSPS) is 10.2. The van der Waals surface area contributed by atoms with Crippen LogP contribution in [0.2, 0.25) is 5.02 Å². The fourth-order valence-electron chi connectivity index (χ4n) is 2.05. The Bertz CT molecular complexity index is 603. The van der Waals surface area contributed by atoms with Crippen molar-refractivity contribution in [3.8, 4) is 5.75 Å². The third kappa shape index (κ3) is 4.50. The van der Waals surface area contributed by atoms with Crippen molar-refractivity contribution in [3.05, 3.63) is 58.6 Å². The van der Waals surface area contributed by atoms with Crippen LogP contribution in [0.4, 0.5) is 5.69 Å². The quantitative estimate of drug-likeness (QED) is 0.891. The van der Waals surface area contributed by atoms with Gasteiger partial charge in [0, 0.05) is 0 Å². The number of hydrogen-bond donors (Lipinski definition) is 1. The van der Waals surface area contributed by atoms with E-state index in [4.69, 9.17) is 16.3 Å². The molecule has 4 heteroatoms. The van der Waals surface area contributed by atoms with Crippen LogP contribution in [0.5, 0.6) is 5.75 Å². The molecule has 0 fully saturated rings. The smallest absolute Gasteiger partial charge is 0.227 e. The van der Waals surface area contributed by atoms with Crippen LogP contribution in [0.3, 0.4) is 0 Å². The third-order valence-electron chi connectivity index (χ3n) is 3.04. The number of para-hydroxylation sites is 1. The lowest BCUT2D eigenvalue weighted by atomic mass is 10.1. The highest BCUT2D eigenvalue weighted by Crippen LogP contribution is 2.27. The molecule has 0 radical (unpaired) electrons. The summed E-state index contributed by atoms with van der Waals surface area (Å²) in [4.78, 5) is 11.9. The summed E-state index contributed by atoms with van der Waals surface area (Å²) < 4.78 is 5.50. The molecule has 1 N–H and O–H groups in total. The molecule has 0 spiro atoms. The van der Waals surface area contributed by atoms with E-state index in [9.17, 15) is 4.79 Å². The van der Waals surface area contributed by atoms with E-state index in [2.05, 4.69) is 5.32 Å². The lowest BCUT2D eigenvalue weighted by Gasteiger charge is -2.12. The molecule has 2 aromatic rings. The number of halogens is 1. The van der Waals surface area contributed by atoms with Crippen molar-refractivity contribution >= 4 is 23.2 Å². The van der Waals surface area contributed by atoms with Crippen LogP contribution < -0.4 is 10.1 Å². The molecule has 0 saturated carbocycles. The SMILES string of the molecule is Cc1cc(C)c(NC(=O)CCOc2ccccc2)c(Cl)c1. The monoisotopic (exact) mass is 303 g/mol. The van der Waals surface area contributed by atoms with Crippen LogP contribution >= 0.6 is 11.6 Å². The van der Waals surface area contributed by atoms with Gasteiger partial charge in [-0.15, -0.1) is 0 Å². The Morgan fingerprint density at radius 1 is 1.19 bits per heavy atom. The number of hydrogen-bond acceptors (Lipinski definition) is 2. The van der Waals surface area contributed by atoms with Crippen molar-refractivity contribution in [2.45, 2.75) is 20.3 Å². The molecule has 2 aromatic carbocycles. The van der Waals surface area contributed by atoms with Gasteiger partial charge in [0.15, 0.2) is 0 Å². The molecule has 0 unspecified atom stereocenters. The fourth-order valence-corrected chi connectivity index (χ4v) is 2.42. The van der Waals surface area contributed by atoms with Crippen molar-refractivity contribution in [1.82, 2.24) is 0 Å². The van der Waals surface area contributed by atoms with Gasteiger partial charge >= 0.3 is 0 Å². The predicted octanol–water partition coefficient (Wildman–Crippen LogP) is 4.36. The Kier molecular flexibility index (Phi) is 5.23. The Labute approximate surface area is 129 Å². The molecule has 0 aliphatic carbocycles. The number of rotatable bonds is 5. The van der Waals surface area contributed by atoms with E-state index >= 15 is 0 Å². The highest BCUT2D eigenvalue weighted by Gasteiger charge is 2.09. The molecule has 3 nitrogen and oxygen atoms in total. The van der Waals surface area contributed by atoms with Gasteiger partial charge in [-0.2, -0.15) is 0 Å². The highest BCUT2D eigenvalue weighted by molar-refractivity contribution is 6.34. The molecule has 0 aliphatic rings.